The first-order chi connectivity index (χ1) is 6.39. The molecule has 2 heteroatoms. The topological polar surface area (TPSA) is 32.3 Å². The molecule has 0 aliphatic carbocycles. The number of phenolic OH excluding ortho intramolecular Hbond substituents is 1. The van der Waals surface area contributed by atoms with Gasteiger partial charge in [0.25, 0.3) is 0 Å². The summed E-state index contributed by atoms with van der Waals surface area (Å²) in [6.07, 6.45) is 5.57. The molecule has 2 nitrogen and oxygen atoms in total. The molecule has 0 saturated carbocycles. The van der Waals surface area contributed by atoms with Crippen LogP contribution in [-0.4, -0.2) is 18.2 Å². The highest BCUT2D eigenvalue weighted by atomic mass is 16.3. The normalized spacial score (nSPS) is 14.5. The standard InChI is InChI=1S/C6H6O.C5H9N/c7-6-4-2-1-3-5-6;1-2-4-6-5-3-1/h1-5,7H;1-2,6H,3-5H2. The molecule has 0 unspecified atom stereocenters. The summed E-state index contributed by atoms with van der Waals surface area (Å²) in [4.78, 5) is 0. The number of nitrogens with one attached hydrogen (secondary N) is 1. The minimum atomic E-state index is 0.322. The summed E-state index contributed by atoms with van der Waals surface area (Å²) in [7, 11) is 0. The second kappa shape index (κ2) is 6.26. The first-order valence-corrected chi connectivity index (χ1v) is 4.49. The maximum Gasteiger partial charge on any atom is 0.115 e. The van der Waals surface area contributed by atoms with E-state index in [1.165, 1.54) is 6.42 Å². The van der Waals surface area contributed by atoms with Crippen molar-refractivity contribution in [3.63, 3.8) is 0 Å². The Kier molecular flexibility index (Phi) is 4.72. The Bertz CT molecular complexity index is 236. The molecule has 0 fully saturated rings. The van der Waals surface area contributed by atoms with Gasteiger partial charge < -0.3 is 10.4 Å². The van der Waals surface area contributed by atoms with Crippen molar-refractivity contribution in [3.05, 3.63) is 42.5 Å². The van der Waals surface area contributed by atoms with Crippen LogP contribution in [-0.2, 0) is 0 Å². The fraction of sp³-hybridized carbons (Fsp3) is 0.273. The van der Waals surface area contributed by atoms with Gasteiger partial charge in [-0.15, -0.1) is 0 Å². The number of aromatic hydroxyl groups is 1. The summed E-state index contributed by atoms with van der Waals surface area (Å²) < 4.78 is 0. The van der Waals surface area contributed by atoms with Gasteiger partial charge in [-0.25, -0.2) is 0 Å². The van der Waals surface area contributed by atoms with Gasteiger partial charge in [0.15, 0.2) is 0 Å². The van der Waals surface area contributed by atoms with Crippen LogP contribution >= 0.6 is 0 Å². The molecule has 1 aromatic rings. The van der Waals surface area contributed by atoms with E-state index in [2.05, 4.69) is 17.5 Å². The molecule has 0 aromatic heterocycles. The summed E-state index contributed by atoms with van der Waals surface area (Å²) in [5, 5.41) is 11.8. The van der Waals surface area contributed by atoms with E-state index in [1.807, 2.05) is 6.07 Å². The molecule has 1 aliphatic heterocycles. The van der Waals surface area contributed by atoms with Crippen molar-refractivity contribution >= 4 is 0 Å². The first kappa shape index (κ1) is 9.81. The average Bonchev–Trinajstić information content (AvgIpc) is 2.22. The van der Waals surface area contributed by atoms with Crippen LogP contribution in [0.2, 0.25) is 0 Å². The van der Waals surface area contributed by atoms with Crippen LogP contribution in [0.3, 0.4) is 0 Å². The summed E-state index contributed by atoms with van der Waals surface area (Å²) in [6.45, 7) is 2.23. The van der Waals surface area contributed by atoms with Gasteiger partial charge in [0, 0.05) is 6.54 Å². The molecular formula is C11H15NO. The second-order valence-corrected chi connectivity index (χ2v) is 2.80. The molecule has 13 heavy (non-hydrogen) atoms. The third-order valence-corrected chi connectivity index (χ3v) is 1.67. The molecule has 0 atom stereocenters. The zero-order valence-electron chi connectivity index (χ0n) is 7.61. The van der Waals surface area contributed by atoms with E-state index in [1.54, 1.807) is 24.3 Å². The average molecular weight is 177 g/mol. The molecule has 0 saturated heterocycles. The third-order valence-electron chi connectivity index (χ3n) is 1.67. The highest BCUT2D eigenvalue weighted by Gasteiger charge is 1.84. The first-order valence-electron chi connectivity index (χ1n) is 4.49. The lowest BCUT2D eigenvalue weighted by atomic mass is 10.3. The number of para-hydroxylation sites is 1. The summed E-state index contributed by atoms with van der Waals surface area (Å²) in [5.41, 5.74) is 0. The smallest absolute Gasteiger partial charge is 0.115 e. The van der Waals surface area contributed by atoms with Crippen molar-refractivity contribution in [2.24, 2.45) is 0 Å². The molecule has 2 rings (SSSR count). The zero-order chi connectivity index (χ0) is 9.36. The highest BCUT2D eigenvalue weighted by Crippen LogP contribution is 2.02. The Hall–Kier alpha value is -1.28. The van der Waals surface area contributed by atoms with Gasteiger partial charge >= 0.3 is 0 Å². The van der Waals surface area contributed by atoms with Gasteiger partial charge in [-0.05, 0) is 25.1 Å². The van der Waals surface area contributed by atoms with Crippen LogP contribution in [0.15, 0.2) is 42.5 Å². The third kappa shape index (κ3) is 5.04. The largest absolute Gasteiger partial charge is 0.508 e. The van der Waals surface area contributed by atoms with Crippen molar-refractivity contribution in [2.75, 3.05) is 13.1 Å². The summed E-state index contributed by atoms with van der Waals surface area (Å²) in [6, 6.07) is 8.71. The van der Waals surface area contributed by atoms with E-state index in [4.69, 9.17) is 5.11 Å². The van der Waals surface area contributed by atoms with Crippen LogP contribution < -0.4 is 5.32 Å². The molecule has 0 amide bonds. The van der Waals surface area contributed by atoms with Gasteiger partial charge in [0.05, 0.1) is 0 Å². The predicted molar refractivity (Wildman–Crippen MR) is 54.7 cm³/mol. The van der Waals surface area contributed by atoms with Crippen molar-refractivity contribution < 1.29 is 5.11 Å². The quantitative estimate of drug-likeness (QED) is 0.593. The van der Waals surface area contributed by atoms with Crippen LogP contribution in [0.5, 0.6) is 5.75 Å². The molecule has 1 aliphatic rings. The predicted octanol–water partition coefficient (Wildman–Crippen LogP) is 1.93. The Balaban J connectivity index is 0.000000132. The minimum Gasteiger partial charge on any atom is -0.508 e. The highest BCUT2D eigenvalue weighted by molar-refractivity contribution is 5.18. The SMILES string of the molecule is C1=CCNCC1.Oc1ccccc1. The molecular weight excluding hydrogens is 162 g/mol. The maximum atomic E-state index is 8.63. The molecule has 0 radical (unpaired) electrons. The maximum absolute atomic E-state index is 8.63. The number of benzene rings is 1. The van der Waals surface area contributed by atoms with Crippen molar-refractivity contribution in [1.29, 1.82) is 0 Å². The van der Waals surface area contributed by atoms with Gasteiger partial charge in [-0.2, -0.15) is 0 Å². The van der Waals surface area contributed by atoms with Crippen molar-refractivity contribution in [2.45, 2.75) is 6.42 Å². The second-order valence-electron chi connectivity index (χ2n) is 2.80. The van der Waals surface area contributed by atoms with E-state index < -0.39 is 0 Å². The fourth-order valence-electron chi connectivity index (χ4n) is 1.000. The molecule has 1 heterocycles. The monoisotopic (exact) mass is 177 g/mol. The van der Waals surface area contributed by atoms with Gasteiger partial charge in [-0.1, -0.05) is 30.4 Å². The molecule has 0 spiro atoms. The van der Waals surface area contributed by atoms with Crippen LogP contribution in [0.1, 0.15) is 6.42 Å². The number of rotatable bonds is 0. The van der Waals surface area contributed by atoms with Crippen LogP contribution in [0.25, 0.3) is 0 Å². The zero-order valence-corrected chi connectivity index (χ0v) is 7.61. The Morgan fingerprint density at radius 2 is 1.85 bits per heavy atom. The molecule has 2 N–H and O–H groups in total. The van der Waals surface area contributed by atoms with Crippen molar-refractivity contribution in [1.82, 2.24) is 5.32 Å². The van der Waals surface area contributed by atoms with E-state index in [-0.39, 0.29) is 0 Å². The van der Waals surface area contributed by atoms with E-state index in [0.717, 1.165) is 13.1 Å². The van der Waals surface area contributed by atoms with Crippen LogP contribution in [0, 0.1) is 0 Å². The lowest BCUT2D eigenvalue weighted by Gasteiger charge is -2.01. The van der Waals surface area contributed by atoms with E-state index in [9.17, 15) is 0 Å². The summed E-state index contributed by atoms with van der Waals surface area (Å²) >= 11 is 0. The molecule has 1 aromatic carbocycles. The van der Waals surface area contributed by atoms with Gasteiger partial charge in [0.1, 0.15) is 5.75 Å². The Morgan fingerprint density at radius 1 is 1.08 bits per heavy atom. The van der Waals surface area contributed by atoms with E-state index in [0.29, 0.717) is 5.75 Å². The lowest BCUT2D eigenvalue weighted by molar-refractivity contribution is 0.475. The number of hydrogen-bond donors (Lipinski definition) is 2. The Labute approximate surface area is 78.9 Å². The van der Waals surface area contributed by atoms with Crippen LogP contribution in [0.4, 0.5) is 0 Å². The molecule has 70 valence electrons. The number of phenols is 1. The van der Waals surface area contributed by atoms with Crippen molar-refractivity contribution in [3.8, 4) is 5.75 Å². The summed E-state index contributed by atoms with van der Waals surface area (Å²) in [5.74, 6) is 0.322. The van der Waals surface area contributed by atoms with Gasteiger partial charge in [-0.3, -0.25) is 0 Å². The Morgan fingerprint density at radius 3 is 2.08 bits per heavy atom. The lowest BCUT2D eigenvalue weighted by Crippen LogP contribution is -2.17. The molecule has 0 bridgehead atoms. The van der Waals surface area contributed by atoms with Gasteiger partial charge in [0.2, 0.25) is 0 Å². The van der Waals surface area contributed by atoms with E-state index >= 15 is 0 Å². The minimum absolute atomic E-state index is 0.322. The fourth-order valence-corrected chi connectivity index (χ4v) is 1.000. The number of hydrogen-bond acceptors (Lipinski definition) is 2.